The number of aryl methyl sites for hydroxylation is 1. The summed E-state index contributed by atoms with van der Waals surface area (Å²) in [4.78, 5) is 24.3. The molecule has 0 fully saturated rings. The van der Waals surface area contributed by atoms with Crippen molar-refractivity contribution in [2.24, 2.45) is 0 Å². The largest absolute Gasteiger partial charge is 0.438 e. The quantitative estimate of drug-likeness (QED) is 0.208. The molecule has 0 aliphatic carbocycles. The molecule has 40 heavy (non-hydrogen) atoms. The van der Waals surface area contributed by atoms with Crippen LogP contribution in [-0.4, -0.2) is 22.2 Å². The molecule has 2 heterocycles. The van der Waals surface area contributed by atoms with Crippen LogP contribution in [-0.2, 0) is 17.3 Å². The van der Waals surface area contributed by atoms with E-state index in [-0.39, 0.29) is 23.4 Å². The van der Waals surface area contributed by atoms with E-state index in [0.29, 0.717) is 23.6 Å². The van der Waals surface area contributed by atoms with E-state index in [2.05, 4.69) is 10.3 Å². The summed E-state index contributed by atoms with van der Waals surface area (Å²) in [5.74, 6) is -0.304. The van der Waals surface area contributed by atoms with Crippen molar-refractivity contribution in [3.05, 3.63) is 112 Å². The molecule has 2 unspecified atom stereocenters. The Bertz CT molecular complexity index is 1540. The third kappa shape index (κ3) is 5.47. The monoisotopic (exact) mass is 550 g/mol. The summed E-state index contributed by atoms with van der Waals surface area (Å²) in [5.41, 5.74) is 3.24. The number of hydrogen-bond donors (Lipinski definition) is 1. The first-order valence-corrected chi connectivity index (χ1v) is 12.6. The van der Waals surface area contributed by atoms with E-state index in [1.54, 1.807) is 12.1 Å². The molecule has 1 aromatic heterocycles. The average molecular weight is 551 g/mol. The summed E-state index contributed by atoms with van der Waals surface area (Å²) in [6, 6.07) is 17.3. The second-order valence-corrected chi connectivity index (χ2v) is 9.63. The number of nitrogens with one attached hydrogen (secondary N) is 1. The molecule has 0 bridgehead atoms. The van der Waals surface area contributed by atoms with Crippen molar-refractivity contribution in [3.8, 4) is 0 Å². The second kappa shape index (κ2) is 10.6. The molecule has 10 heteroatoms. The fraction of sp³-hybridized carbons (Fsp3) is 0.233. The lowest BCUT2D eigenvalue weighted by molar-refractivity contribution is -0.137. The SMILES string of the molecule is Cc1nc(Nc2ccc(F)cc2)nc(N2C(OC(=O)c3ccc(C(F)(F)F)cc3)Cc3ccccc3C2C)c1C. The molecule has 6 nitrogen and oxygen atoms in total. The highest BCUT2D eigenvalue weighted by molar-refractivity contribution is 5.89. The van der Waals surface area contributed by atoms with Crippen molar-refractivity contribution in [1.29, 1.82) is 0 Å². The van der Waals surface area contributed by atoms with Gasteiger partial charge >= 0.3 is 12.1 Å². The van der Waals surface area contributed by atoms with Gasteiger partial charge in [0.25, 0.3) is 0 Å². The first-order chi connectivity index (χ1) is 19.0. The Balaban J connectivity index is 1.51. The topological polar surface area (TPSA) is 67.3 Å². The van der Waals surface area contributed by atoms with Crippen molar-refractivity contribution >= 4 is 23.4 Å². The van der Waals surface area contributed by atoms with Crippen LogP contribution in [0, 0.1) is 19.7 Å². The van der Waals surface area contributed by atoms with Crippen LogP contribution in [0.15, 0.2) is 72.8 Å². The molecular weight excluding hydrogens is 524 g/mol. The van der Waals surface area contributed by atoms with Gasteiger partial charge in [-0.05, 0) is 80.4 Å². The number of alkyl halides is 3. The first-order valence-electron chi connectivity index (χ1n) is 12.6. The lowest BCUT2D eigenvalue weighted by atomic mass is 9.92. The van der Waals surface area contributed by atoms with Gasteiger partial charge in [-0.15, -0.1) is 0 Å². The van der Waals surface area contributed by atoms with Gasteiger partial charge in [0.1, 0.15) is 11.6 Å². The van der Waals surface area contributed by atoms with Crippen molar-refractivity contribution < 1.29 is 27.1 Å². The lowest BCUT2D eigenvalue weighted by Gasteiger charge is -2.42. The van der Waals surface area contributed by atoms with E-state index >= 15 is 0 Å². The van der Waals surface area contributed by atoms with Crippen LogP contribution in [0.5, 0.6) is 0 Å². The van der Waals surface area contributed by atoms with Crippen molar-refractivity contribution in [2.45, 2.75) is 45.6 Å². The van der Waals surface area contributed by atoms with Crippen molar-refractivity contribution in [3.63, 3.8) is 0 Å². The molecule has 1 aliphatic heterocycles. The number of halogens is 4. The summed E-state index contributed by atoms with van der Waals surface area (Å²) in [6.45, 7) is 5.68. The second-order valence-electron chi connectivity index (χ2n) is 9.63. The average Bonchev–Trinajstić information content (AvgIpc) is 2.92. The Labute approximate surface area is 228 Å². The van der Waals surface area contributed by atoms with E-state index in [0.717, 1.165) is 41.0 Å². The maximum Gasteiger partial charge on any atom is 0.416 e. The van der Waals surface area contributed by atoms with E-state index in [1.807, 2.05) is 49.9 Å². The molecule has 1 N–H and O–H groups in total. The summed E-state index contributed by atoms with van der Waals surface area (Å²) in [5, 5.41) is 3.10. The molecule has 0 spiro atoms. The normalized spacial score (nSPS) is 16.8. The molecule has 5 rings (SSSR count). The first kappa shape index (κ1) is 27.1. The van der Waals surface area contributed by atoms with Crippen LogP contribution in [0.4, 0.5) is 35.0 Å². The molecule has 1 aliphatic rings. The molecular formula is C30H26F4N4O2. The Morgan fingerprint density at radius 2 is 1.65 bits per heavy atom. The molecule has 206 valence electrons. The van der Waals surface area contributed by atoms with Crippen molar-refractivity contribution in [1.82, 2.24) is 9.97 Å². The van der Waals surface area contributed by atoms with E-state index < -0.39 is 23.9 Å². The van der Waals surface area contributed by atoms with E-state index in [9.17, 15) is 22.4 Å². The standard InChI is InChI=1S/C30H26F4N4O2/c1-17-18(2)35-29(36-24-14-12-23(31)13-15-24)37-27(17)38-19(3)25-7-5-4-6-21(25)16-26(38)40-28(39)20-8-10-22(11-9-20)30(32,33)34/h4-15,19,26H,16H2,1-3H3,(H,35,36,37). The number of anilines is 3. The minimum atomic E-state index is -4.51. The van der Waals surface area contributed by atoms with Crippen LogP contribution in [0.1, 0.15) is 51.3 Å². The van der Waals surface area contributed by atoms with Gasteiger partial charge in [-0.25, -0.2) is 14.2 Å². The summed E-state index contributed by atoms with van der Waals surface area (Å²) < 4.78 is 58.4. The van der Waals surface area contributed by atoms with Crippen LogP contribution >= 0.6 is 0 Å². The van der Waals surface area contributed by atoms with Crippen LogP contribution in [0.25, 0.3) is 0 Å². The number of esters is 1. The van der Waals surface area contributed by atoms with Gasteiger partial charge in [0.15, 0.2) is 6.23 Å². The Morgan fingerprint density at radius 1 is 0.975 bits per heavy atom. The van der Waals surface area contributed by atoms with Gasteiger partial charge in [0.05, 0.1) is 17.2 Å². The predicted octanol–water partition coefficient (Wildman–Crippen LogP) is 7.30. The van der Waals surface area contributed by atoms with Gasteiger partial charge in [0.2, 0.25) is 5.95 Å². The maximum atomic E-state index is 13.4. The van der Waals surface area contributed by atoms with Gasteiger partial charge in [0, 0.05) is 23.4 Å². The van der Waals surface area contributed by atoms with Gasteiger partial charge in [-0.3, -0.25) is 0 Å². The molecule has 0 saturated heterocycles. The zero-order chi connectivity index (χ0) is 28.6. The Kier molecular flexibility index (Phi) is 7.18. The number of hydrogen-bond acceptors (Lipinski definition) is 6. The van der Waals surface area contributed by atoms with Gasteiger partial charge in [-0.1, -0.05) is 24.3 Å². The fourth-order valence-electron chi connectivity index (χ4n) is 4.80. The van der Waals surface area contributed by atoms with Crippen LogP contribution in [0.2, 0.25) is 0 Å². The highest BCUT2D eigenvalue weighted by atomic mass is 19.4. The van der Waals surface area contributed by atoms with Crippen LogP contribution in [0.3, 0.4) is 0 Å². The number of rotatable bonds is 5. The number of benzene rings is 3. The number of carbonyl (C=O) groups is 1. The zero-order valence-electron chi connectivity index (χ0n) is 22.0. The number of aromatic nitrogens is 2. The van der Waals surface area contributed by atoms with Gasteiger partial charge < -0.3 is 15.0 Å². The summed E-state index contributed by atoms with van der Waals surface area (Å²) in [6.07, 6.45) is -4.97. The molecule has 4 aromatic rings. The maximum absolute atomic E-state index is 13.4. The van der Waals surface area contributed by atoms with Crippen LogP contribution < -0.4 is 10.2 Å². The van der Waals surface area contributed by atoms with E-state index in [1.165, 1.54) is 12.1 Å². The third-order valence-corrected chi connectivity index (χ3v) is 7.03. The molecule has 0 radical (unpaired) electrons. The molecule has 0 saturated carbocycles. The van der Waals surface area contributed by atoms with Gasteiger partial charge in [-0.2, -0.15) is 18.2 Å². The summed E-state index contributed by atoms with van der Waals surface area (Å²) in [7, 11) is 0. The number of nitrogens with zero attached hydrogens (tertiary/aromatic N) is 3. The Morgan fingerprint density at radius 3 is 2.33 bits per heavy atom. The number of fused-ring (bicyclic) bond motifs is 1. The highest BCUT2D eigenvalue weighted by Gasteiger charge is 2.37. The molecule has 0 amide bonds. The number of ether oxygens (including phenoxy) is 1. The molecule has 3 aromatic carbocycles. The van der Waals surface area contributed by atoms with E-state index in [4.69, 9.17) is 9.72 Å². The smallest absolute Gasteiger partial charge is 0.416 e. The number of carbonyl (C=O) groups excluding carboxylic acids is 1. The minimum absolute atomic E-state index is 0.00807. The Hall–Kier alpha value is -4.47. The zero-order valence-corrected chi connectivity index (χ0v) is 22.0. The predicted molar refractivity (Wildman–Crippen MR) is 143 cm³/mol. The molecule has 2 atom stereocenters. The lowest BCUT2D eigenvalue weighted by Crippen LogP contribution is -2.46. The minimum Gasteiger partial charge on any atom is -0.438 e. The highest BCUT2D eigenvalue weighted by Crippen LogP contribution is 2.39. The fourth-order valence-corrected chi connectivity index (χ4v) is 4.80. The third-order valence-electron chi connectivity index (χ3n) is 7.03. The van der Waals surface area contributed by atoms with Crippen molar-refractivity contribution in [2.75, 3.05) is 10.2 Å². The summed E-state index contributed by atoms with van der Waals surface area (Å²) >= 11 is 0.